The van der Waals surface area contributed by atoms with Crippen molar-refractivity contribution in [3.63, 3.8) is 0 Å². The van der Waals surface area contributed by atoms with E-state index < -0.39 is 0 Å². The van der Waals surface area contributed by atoms with Gasteiger partial charge in [-0.1, -0.05) is 32.0 Å². The minimum Gasteiger partial charge on any atom is -0.493 e. The highest BCUT2D eigenvalue weighted by atomic mass is 16.5. The number of aliphatic hydroxyl groups is 1. The van der Waals surface area contributed by atoms with Gasteiger partial charge in [-0.25, -0.2) is 0 Å². The minimum atomic E-state index is 0.0324. The van der Waals surface area contributed by atoms with E-state index in [2.05, 4.69) is 37.4 Å². The molecule has 112 valence electrons. The number of nitrogens with one attached hydrogen (secondary N) is 1. The Kier molecular flexibility index (Phi) is 5.44. The molecule has 2 rings (SSSR count). The maximum absolute atomic E-state index is 9.61. The molecule has 20 heavy (non-hydrogen) atoms. The number of rotatable bonds is 7. The van der Waals surface area contributed by atoms with Crippen LogP contribution in [0.3, 0.4) is 0 Å². The molecule has 0 radical (unpaired) electrons. The Bertz CT molecular complexity index is 407. The monoisotopic (exact) mass is 277 g/mol. The van der Waals surface area contributed by atoms with Crippen LogP contribution in [-0.4, -0.2) is 31.4 Å². The van der Waals surface area contributed by atoms with Crippen molar-refractivity contribution in [1.82, 2.24) is 5.32 Å². The normalized spacial score (nSPS) is 18.4. The van der Waals surface area contributed by atoms with Gasteiger partial charge in [0.25, 0.3) is 0 Å². The predicted octanol–water partition coefficient (Wildman–Crippen LogP) is 2.94. The highest BCUT2D eigenvalue weighted by molar-refractivity contribution is 5.37. The molecule has 0 fully saturated rings. The van der Waals surface area contributed by atoms with Crippen LogP contribution in [0.2, 0.25) is 0 Å². The van der Waals surface area contributed by atoms with Gasteiger partial charge in [-0.05, 0) is 30.9 Å². The van der Waals surface area contributed by atoms with Crippen molar-refractivity contribution in [1.29, 1.82) is 0 Å². The summed E-state index contributed by atoms with van der Waals surface area (Å²) in [5, 5.41) is 13.2. The van der Waals surface area contributed by atoms with Crippen LogP contribution in [0, 0.1) is 5.41 Å². The summed E-state index contributed by atoms with van der Waals surface area (Å²) in [4.78, 5) is 0. The van der Waals surface area contributed by atoms with Gasteiger partial charge in [0.2, 0.25) is 0 Å². The fraction of sp³-hybridized carbons (Fsp3) is 0.647. The predicted molar refractivity (Wildman–Crippen MR) is 82.3 cm³/mol. The lowest BCUT2D eigenvalue weighted by Gasteiger charge is -2.32. The van der Waals surface area contributed by atoms with Gasteiger partial charge in [0.1, 0.15) is 5.75 Å². The summed E-state index contributed by atoms with van der Waals surface area (Å²) in [6, 6.07) is 8.33. The molecule has 1 aliphatic rings. The van der Waals surface area contributed by atoms with Crippen LogP contribution in [0.4, 0.5) is 0 Å². The molecule has 2 N–H and O–H groups in total. The third kappa shape index (κ3) is 3.33. The molecule has 1 aromatic carbocycles. The van der Waals surface area contributed by atoms with Crippen molar-refractivity contribution in [2.24, 2.45) is 5.41 Å². The Labute approximate surface area is 122 Å². The fourth-order valence-electron chi connectivity index (χ4n) is 2.92. The number of hydrogen-bond acceptors (Lipinski definition) is 3. The molecule has 1 aliphatic heterocycles. The standard InChI is InChI=1S/C17H27NO2/c1-3-17(4-2,13-19)12-18-11-14-9-10-20-16-8-6-5-7-15(14)16/h5-8,14,18-19H,3-4,9-13H2,1-2H3. The van der Waals surface area contributed by atoms with Gasteiger partial charge >= 0.3 is 0 Å². The lowest BCUT2D eigenvalue weighted by Crippen LogP contribution is -2.38. The first kappa shape index (κ1) is 15.3. The number of aliphatic hydroxyl groups excluding tert-OH is 1. The summed E-state index contributed by atoms with van der Waals surface area (Å²) in [6.07, 6.45) is 3.09. The van der Waals surface area contributed by atoms with Gasteiger partial charge in [-0.2, -0.15) is 0 Å². The second kappa shape index (κ2) is 7.09. The number of fused-ring (bicyclic) bond motifs is 1. The van der Waals surface area contributed by atoms with Crippen molar-refractivity contribution < 1.29 is 9.84 Å². The second-order valence-corrected chi connectivity index (χ2v) is 5.87. The average molecular weight is 277 g/mol. The van der Waals surface area contributed by atoms with Crippen LogP contribution < -0.4 is 10.1 Å². The van der Waals surface area contributed by atoms with Crippen LogP contribution in [0.15, 0.2) is 24.3 Å². The molecule has 3 heteroatoms. The Hall–Kier alpha value is -1.06. The van der Waals surface area contributed by atoms with Crippen molar-refractivity contribution in [3.05, 3.63) is 29.8 Å². The zero-order valence-corrected chi connectivity index (χ0v) is 12.7. The van der Waals surface area contributed by atoms with Crippen molar-refractivity contribution in [2.45, 2.75) is 39.0 Å². The SMILES string of the molecule is CCC(CC)(CO)CNCC1CCOc2ccccc21. The number of para-hydroxylation sites is 1. The minimum absolute atomic E-state index is 0.0324. The molecule has 1 aromatic rings. The van der Waals surface area contributed by atoms with Crippen LogP contribution in [0.25, 0.3) is 0 Å². The molecule has 1 heterocycles. The highest BCUT2D eigenvalue weighted by Crippen LogP contribution is 2.33. The zero-order valence-electron chi connectivity index (χ0n) is 12.7. The molecule has 0 aromatic heterocycles. The fourth-order valence-corrected chi connectivity index (χ4v) is 2.92. The highest BCUT2D eigenvalue weighted by Gasteiger charge is 2.26. The molecule has 0 saturated carbocycles. The summed E-state index contributed by atoms with van der Waals surface area (Å²) in [7, 11) is 0. The molecule has 0 aliphatic carbocycles. The quantitative estimate of drug-likeness (QED) is 0.805. The molecule has 0 saturated heterocycles. The van der Waals surface area contributed by atoms with Gasteiger partial charge in [-0.15, -0.1) is 0 Å². The smallest absolute Gasteiger partial charge is 0.122 e. The molecule has 1 unspecified atom stereocenters. The lowest BCUT2D eigenvalue weighted by molar-refractivity contribution is 0.112. The molecule has 0 bridgehead atoms. The van der Waals surface area contributed by atoms with E-state index in [0.717, 1.165) is 44.7 Å². The van der Waals surface area contributed by atoms with E-state index in [1.165, 1.54) is 5.56 Å². The summed E-state index contributed by atoms with van der Waals surface area (Å²) in [5.74, 6) is 1.55. The van der Waals surface area contributed by atoms with E-state index in [-0.39, 0.29) is 12.0 Å². The molecular formula is C17H27NO2. The first-order valence-corrected chi connectivity index (χ1v) is 7.78. The zero-order chi connectivity index (χ0) is 14.4. The molecular weight excluding hydrogens is 250 g/mol. The Morgan fingerprint density at radius 1 is 1.30 bits per heavy atom. The molecule has 0 amide bonds. The van der Waals surface area contributed by atoms with Gasteiger partial charge in [0.15, 0.2) is 0 Å². The van der Waals surface area contributed by atoms with Gasteiger partial charge in [0, 0.05) is 31.0 Å². The van der Waals surface area contributed by atoms with E-state index >= 15 is 0 Å². The van der Waals surface area contributed by atoms with Crippen LogP contribution >= 0.6 is 0 Å². The molecule has 3 nitrogen and oxygen atoms in total. The van der Waals surface area contributed by atoms with E-state index in [1.54, 1.807) is 0 Å². The average Bonchev–Trinajstić information content (AvgIpc) is 2.52. The summed E-state index contributed by atoms with van der Waals surface area (Å²) in [6.45, 7) is 7.22. The maximum atomic E-state index is 9.61. The van der Waals surface area contributed by atoms with Gasteiger partial charge in [-0.3, -0.25) is 0 Å². The van der Waals surface area contributed by atoms with Crippen molar-refractivity contribution in [2.75, 3.05) is 26.3 Å². The third-order valence-corrected chi connectivity index (χ3v) is 4.81. The number of benzene rings is 1. The summed E-state index contributed by atoms with van der Waals surface area (Å²) >= 11 is 0. The third-order valence-electron chi connectivity index (χ3n) is 4.81. The summed E-state index contributed by atoms with van der Waals surface area (Å²) < 4.78 is 5.70. The van der Waals surface area contributed by atoms with Crippen molar-refractivity contribution in [3.8, 4) is 5.75 Å². The Morgan fingerprint density at radius 2 is 2.05 bits per heavy atom. The number of hydrogen-bond donors (Lipinski definition) is 2. The largest absolute Gasteiger partial charge is 0.493 e. The van der Waals surface area contributed by atoms with Gasteiger partial charge in [0.05, 0.1) is 6.61 Å². The second-order valence-electron chi connectivity index (χ2n) is 5.87. The molecule has 0 spiro atoms. The van der Waals surface area contributed by atoms with E-state index in [4.69, 9.17) is 4.74 Å². The van der Waals surface area contributed by atoms with E-state index in [1.807, 2.05) is 6.07 Å². The number of ether oxygens (including phenoxy) is 1. The van der Waals surface area contributed by atoms with Gasteiger partial charge < -0.3 is 15.2 Å². The van der Waals surface area contributed by atoms with E-state index in [9.17, 15) is 5.11 Å². The molecule has 1 atom stereocenters. The van der Waals surface area contributed by atoms with Crippen LogP contribution in [0.1, 0.15) is 44.6 Å². The summed E-state index contributed by atoms with van der Waals surface area (Å²) in [5.41, 5.74) is 1.35. The van der Waals surface area contributed by atoms with E-state index in [0.29, 0.717) is 5.92 Å². The van der Waals surface area contributed by atoms with Crippen LogP contribution in [-0.2, 0) is 0 Å². The first-order chi connectivity index (χ1) is 9.74. The Balaban J connectivity index is 1.92. The van der Waals surface area contributed by atoms with Crippen LogP contribution in [0.5, 0.6) is 5.75 Å². The Morgan fingerprint density at radius 3 is 2.75 bits per heavy atom. The topological polar surface area (TPSA) is 41.5 Å². The lowest BCUT2D eigenvalue weighted by atomic mass is 9.83. The maximum Gasteiger partial charge on any atom is 0.122 e. The van der Waals surface area contributed by atoms with Crippen molar-refractivity contribution >= 4 is 0 Å². The first-order valence-electron chi connectivity index (χ1n) is 7.78.